The molecule has 0 spiro atoms. The van der Waals surface area contributed by atoms with Crippen LogP contribution >= 0.6 is 0 Å². The number of hydrogen-bond donors (Lipinski definition) is 2. The molecule has 0 saturated heterocycles. The summed E-state index contributed by atoms with van der Waals surface area (Å²) >= 11 is 0. The maximum atomic E-state index is 13.6. The number of rotatable bonds is 4. The monoisotopic (exact) mass is 379 g/mol. The topological polar surface area (TPSA) is 54.0 Å². The van der Waals surface area contributed by atoms with Crippen molar-refractivity contribution >= 4 is 23.1 Å². The van der Waals surface area contributed by atoms with E-state index in [-0.39, 0.29) is 22.8 Å². The molecular formula is C18H10F5N3O. The molecule has 3 rings (SSSR count). The first kappa shape index (κ1) is 18.3. The summed E-state index contributed by atoms with van der Waals surface area (Å²) in [5, 5.41) is 4.89. The predicted molar refractivity (Wildman–Crippen MR) is 88.1 cm³/mol. The standard InChI is InChI=1S/C18H10F5N3O/c19-11-3-1-9(7-13(11)21)18(27)25-10-2-6-15(24-8-10)26-14-5-4-12(20)16(22)17(14)23/h1-8H,(H,24,26)(H,25,27). The van der Waals surface area contributed by atoms with E-state index in [9.17, 15) is 26.7 Å². The van der Waals surface area contributed by atoms with Crippen LogP contribution in [-0.2, 0) is 0 Å². The van der Waals surface area contributed by atoms with Crippen molar-refractivity contribution in [2.24, 2.45) is 0 Å². The Hall–Kier alpha value is -3.49. The van der Waals surface area contributed by atoms with E-state index in [0.717, 1.165) is 30.3 Å². The van der Waals surface area contributed by atoms with Crippen molar-refractivity contribution in [1.82, 2.24) is 4.98 Å². The van der Waals surface area contributed by atoms with Gasteiger partial charge in [-0.3, -0.25) is 4.79 Å². The Morgan fingerprint density at radius 3 is 2.22 bits per heavy atom. The molecule has 3 aromatic rings. The van der Waals surface area contributed by atoms with Gasteiger partial charge in [0.2, 0.25) is 0 Å². The first-order valence-electron chi connectivity index (χ1n) is 7.48. The van der Waals surface area contributed by atoms with Crippen LogP contribution in [-0.4, -0.2) is 10.9 Å². The van der Waals surface area contributed by atoms with Crippen molar-refractivity contribution in [2.75, 3.05) is 10.6 Å². The van der Waals surface area contributed by atoms with E-state index in [1.165, 1.54) is 18.3 Å². The molecule has 0 saturated carbocycles. The number of pyridine rings is 1. The fourth-order valence-electron chi connectivity index (χ4n) is 2.14. The number of anilines is 3. The molecule has 0 aliphatic rings. The molecule has 0 aliphatic carbocycles. The number of hydrogen-bond acceptors (Lipinski definition) is 3. The zero-order valence-electron chi connectivity index (χ0n) is 13.4. The lowest BCUT2D eigenvalue weighted by Crippen LogP contribution is -2.12. The lowest BCUT2D eigenvalue weighted by Gasteiger charge is -2.09. The number of halogens is 5. The van der Waals surface area contributed by atoms with Gasteiger partial charge in [-0.05, 0) is 42.5 Å². The van der Waals surface area contributed by atoms with E-state index in [0.29, 0.717) is 0 Å². The zero-order valence-corrected chi connectivity index (χ0v) is 13.4. The Balaban J connectivity index is 1.71. The summed E-state index contributed by atoms with van der Waals surface area (Å²) in [5.41, 5.74) is -0.194. The number of amides is 1. The van der Waals surface area contributed by atoms with Crippen LogP contribution in [0.4, 0.5) is 39.1 Å². The van der Waals surface area contributed by atoms with Crippen molar-refractivity contribution < 1.29 is 26.7 Å². The largest absolute Gasteiger partial charge is 0.338 e. The minimum absolute atomic E-state index is 0.0973. The highest BCUT2D eigenvalue weighted by atomic mass is 19.2. The summed E-state index contributed by atoms with van der Waals surface area (Å²) in [5.74, 6) is -7.15. The Morgan fingerprint density at radius 2 is 1.56 bits per heavy atom. The fraction of sp³-hybridized carbons (Fsp3) is 0. The van der Waals surface area contributed by atoms with Crippen LogP contribution in [0.2, 0.25) is 0 Å². The van der Waals surface area contributed by atoms with Crippen LogP contribution in [0, 0.1) is 29.1 Å². The minimum atomic E-state index is -1.62. The number of benzene rings is 2. The number of carbonyl (C=O) groups is 1. The van der Waals surface area contributed by atoms with Gasteiger partial charge in [-0.1, -0.05) is 0 Å². The molecule has 1 amide bonds. The van der Waals surface area contributed by atoms with E-state index in [1.54, 1.807) is 0 Å². The molecule has 0 radical (unpaired) electrons. The smallest absolute Gasteiger partial charge is 0.255 e. The van der Waals surface area contributed by atoms with Gasteiger partial charge in [-0.2, -0.15) is 0 Å². The van der Waals surface area contributed by atoms with Gasteiger partial charge in [0.1, 0.15) is 5.82 Å². The number of nitrogens with zero attached hydrogens (tertiary/aromatic N) is 1. The summed E-state index contributed by atoms with van der Waals surface area (Å²) in [4.78, 5) is 15.9. The SMILES string of the molecule is O=C(Nc1ccc(Nc2ccc(F)c(F)c2F)nc1)c1ccc(F)c(F)c1. The van der Waals surface area contributed by atoms with Gasteiger partial charge in [0, 0.05) is 5.56 Å². The molecule has 0 aliphatic heterocycles. The molecule has 0 atom stereocenters. The van der Waals surface area contributed by atoms with Crippen LogP contribution in [0.1, 0.15) is 10.4 Å². The first-order valence-corrected chi connectivity index (χ1v) is 7.48. The van der Waals surface area contributed by atoms with Crippen LogP contribution in [0.25, 0.3) is 0 Å². The molecule has 138 valence electrons. The number of aromatic nitrogens is 1. The molecule has 1 aromatic heterocycles. The Morgan fingerprint density at radius 1 is 0.815 bits per heavy atom. The molecule has 0 fully saturated rings. The summed E-state index contributed by atoms with van der Waals surface area (Å²) in [6.45, 7) is 0. The molecule has 9 heteroatoms. The predicted octanol–water partition coefficient (Wildman–Crippen LogP) is 4.77. The Kier molecular flexibility index (Phi) is 5.02. The van der Waals surface area contributed by atoms with E-state index in [2.05, 4.69) is 15.6 Å². The zero-order chi connectivity index (χ0) is 19.6. The molecular weight excluding hydrogens is 369 g/mol. The maximum absolute atomic E-state index is 13.6. The second-order valence-corrected chi connectivity index (χ2v) is 5.36. The summed E-state index contributed by atoms with van der Waals surface area (Å²) in [6.07, 6.45) is 1.21. The third-order valence-electron chi connectivity index (χ3n) is 3.50. The lowest BCUT2D eigenvalue weighted by atomic mass is 10.2. The molecule has 1 heterocycles. The second kappa shape index (κ2) is 7.40. The summed E-state index contributed by atoms with van der Waals surface area (Å²) < 4.78 is 65.8. The van der Waals surface area contributed by atoms with Gasteiger partial charge in [0.25, 0.3) is 5.91 Å². The highest BCUT2D eigenvalue weighted by molar-refractivity contribution is 6.04. The van der Waals surface area contributed by atoms with Gasteiger partial charge in [-0.15, -0.1) is 0 Å². The van der Waals surface area contributed by atoms with Crippen molar-refractivity contribution in [2.45, 2.75) is 0 Å². The minimum Gasteiger partial charge on any atom is -0.338 e. The highest BCUT2D eigenvalue weighted by Crippen LogP contribution is 2.23. The van der Waals surface area contributed by atoms with Crippen LogP contribution in [0.15, 0.2) is 48.7 Å². The Labute approximate surface area is 149 Å². The van der Waals surface area contributed by atoms with E-state index < -0.39 is 35.0 Å². The van der Waals surface area contributed by atoms with Gasteiger partial charge < -0.3 is 10.6 Å². The number of nitrogens with one attached hydrogen (secondary N) is 2. The molecule has 4 nitrogen and oxygen atoms in total. The van der Waals surface area contributed by atoms with Crippen LogP contribution in [0.5, 0.6) is 0 Å². The average molecular weight is 379 g/mol. The van der Waals surface area contributed by atoms with E-state index in [1.807, 2.05) is 0 Å². The van der Waals surface area contributed by atoms with Gasteiger partial charge in [-0.25, -0.2) is 26.9 Å². The second-order valence-electron chi connectivity index (χ2n) is 5.36. The molecule has 2 N–H and O–H groups in total. The fourth-order valence-corrected chi connectivity index (χ4v) is 2.14. The third-order valence-corrected chi connectivity index (χ3v) is 3.50. The third kappa shape index (κ3) is 4.02. The molecule has 27 heavy (non-hydrogen) atoms. The lowest BCUT2D eigenvalue weighted by molar-refractivity contribution is 0.102. The maximum Gasteiger partial charge on any atom is 0.255 e. The molecule has 0 unspecified atom stereocenters. The van der Waals surface area contributed by atoms with Crippen LogP contribution in [0.3, 0.4) is 0 Å². The van der Waals surface area contributed by atoms with Crippen LogP contribution < -0.4 is 10.6 Å². The van der Waals surface area contributed by atoms with Crippen molar-refractivity contribution in [3.8, 4) is 0 Å². The quantitative estimate of drug-likeness (QED) is 0.507. The van der Waals surface area contributed by atoms with Gasteiger partial charge >= 0.3 is 0 Å². The summed E-state index contributed by atoms with van der Waals surface area (Å²) in [6, 6.07) is 7.20. The number of carbonyl (C=O) groups excluding carboxylic acids is 1. The highest BCUT2D eigenvalue weighted by Gasteiger charge is 2.14. The first-order chi connectivity index (χ1) is 12.8. The Bertz CT molecular complexity index is 1010. The average Bonchev–Trinajstić information content (AvgIpc) is 2.66. The van der Waals surface area contributed by atoms with Gasteiger partial charge in [0.05, 0.1) is 17.6 Å². The molecule has 0 bridgehead atoms. The normalized spacial score (nSPS) is 10.6. The van der Waals surface area contributed by atoms with Crippen molar-refractivity contribution in [3.05, 3.63) is 83.3 Å². The van der Waals surface area contributed by atoms with Gasteiger partial charge in [0.15, 0.2) is 29.1 Å². The van der Waals surface area contributed by atoms with E-state index >= 15 is 0 Å². The van der Waals surface area contributed by atoms with Crippen molar-refractivity contribution in [1.29, 1.82) is 0 Å². The van der Waals surface area contributed by atoms with Crippen molar-refractivity contribution in [3.63, 3.8) is 0 Å². The molecule has 2 aromatic carbocycles. The summed E-state index contributed by atoms with van der Waals surface area (Å²) in [7, 11) is 0. The van der Waals surface area contributed by atoms with E-state index in [4.69, 9.17) is 0 Å².